The number of nitrogens with zero attached hydrogens (tertiary/aromatic N) is 4. The highest BCUT2D eigenvalue weighted by Crippen LogP contribution is 2.51. The molecular formula is C54H34N4OS2. The van der Waals surface area contributed by atoms with Gasteiger partial charge in [-0.1, -0.05) is 117 Å². The Labute approximate surface area is 358 Å². The highest BCUT2D eigenvalue weighted by Gasteiger charge is 2.36. The van der Waals surface area contributed by atoms with Crippen LogP contribution in [0.1, 0.15) is 25.0 Å². The van der Waals surface area contributed by atoms with Crippen LogP contribution in [0.2, 0.25) is 0 Å². The van der Waals surface area contributed by atoms with E-state index in [0.717, 1.165) is 49.1 Å². The van der Waals surface area contributed by atoms with Crippen molar-refractivity contribution in [3.05, 3.63) is 181 Å². The highest BCUT2D eigenvalue weighted by atomic mass is 32.1. The summed E-state index contributed by atoms with van der Waals surface area (Å²) in [4.78, 5) is 18.6. The van der Waals surface area contributed by atoms with E-state index in [0.29, 0.717) is 17.6 Å². The predicted octanol–water partition coefficient (Wildman–Crippen LogP) is 15.6. The lowest BCUT2D eigenvalue weighted by molar-refractivity contribution is 0.660. The molecule has 0 spiro atoms. The molecule has 4 aromatic heterocycles. The summed E-state index contributed by atoms with van der Waals surface area (Å²) in [6.45, 7) is 4.64. The largest absolute Gasteiger partial charge is 0.456 e. The first-order valence-corrected chi connectivity index (χ1v) is 22.1. The number of para-hydroxylation sites is 1. The van der Waals surface area contributed by atoms with Crippen LogP contribution in [0.4, 0.5) is 17.3 Å². The summed E-state index contributed by atoms with van der Waals surface area (Å²) in [7, 11) is 0. The van der Waals surface area contributed by atoms with Crippen LogP contribution >= 0.6 is 22.7 Å². The standard InChI is InChI=1S/C54H34N4OS2/c1-54(2)41-19-7-3-13-33(41)39-30-32(26-27-42(39)54)58(43-20-12-22-45-49(43)37-16-4-8-21-44(37)59-45)53-56-51(31-25-28-48-40(29-31)35-15-6-9-23-46(35)60-48)55-52(57-53)38-18-11-17-36-34-14-5-10-24-47(34)61-50(36)38/h3-30H,1-2H3. The summed E-state index contributed by atoms with van der Waals surface area (Å²) in [5.41, 5.74) is 10.4. The molecule has 0 amide bonds. The van der Waals surface area contributed by atoms with Crippen LogP contribution in [-0.2, 0) is 5.41 Å². The van der Waals surface area contributed by atoms with E-state index in [9.17, 15) is 0 Å². The fourth-order valence-corrected chi connectivity index (χ4v) is 12.0. The molecule has 0 unspecified atom stereocenters. The number of thiophene rings is 2. The van der Waals surface area contributed by atoms with E-state index in [4.69, 9.17) is 19.4 Å². The van der Waals surface area contributed by atoms with Crippen molar-refractivity contribution < 1.29 is 4.42 Å². The number of anilines is 3. The zero-order valence-electron chi connectivity index (χ0n) is 33.2. The second-order valence-corrected chi connectivity index (χ2v) is 18.5. The molecular weight excluding hydrogens is 785 g/mol. The first-order chi connectivity index (χ1) is 30.0. The van der Waals surface area contributed by atoms with E-state index in [-0.39, 0.29) is 5.41 Å². The third kappa shape index (κ3) is 5.14. The maximum absolute atomic E-state index is 6.52. The molecule has 1 aliphatic rings. The highest BCUT2D eigenvalue weighted by molar-refractivity contribution is 7.26. The summed E-state index contributed by atoms with van der Waals surface area (Å²) in [6, 6.07) is 60.5. The molecule has 0 saturated carbocycles. The molecule has 0 N–H and O–H groups in total. The Morgan fingerprint density at radius 3 is 2.02 bits per heavy atom. The number of hydrogen-bond acceptors (Lipinski definition) is 7. The maximum atomic E-state index is 6.52. The summed E-state index contributed by atoms with van der Waals surface area (Å²) >= 11 is 3.59. The zero-order chi connectivity index (χ0) is 40.4. The Morgan fingerprint density at radius 1 is 0.475 bits per heavy atom. The maximum Gasteiger partial charge on any atom is 0.238 e. The molecule has 5 nitrogen and oxygen atoms in total. The van der Waals surface area contributed by atoms with Gasteiger partial charge >= 0.3 is 0 Å². The van der Waals surface area contributed by atoms with Gasteiger partial charge in [0.1, 0.15) is 11.2 Å². The van der Waals surface area contributed by atoms with Crippen LogP contribution in [0, 0.1) is 0 Å². The Morgan fingerprint density at radius 2 is 1.13 bits per heavy atom. The van der Waals surface area contributed by atoms with Gasteiger partial charge in [0.2, 0.25) is 5.95 Å². The Hall–Kier alpha value is -7.19. The monoisotopic (exact) mass is 818 g/mol. The zero-order valence-corrected chi connectivity index (χ0v) is 34.8. The third-order valence-electron chi connectivity index (χ3n) is 12.6. The third-order valence-corrected chi connectivity index (χ3v) is 14.9. The van der Waals surface area contributed by atoms with E-state index >= 15 is 0 Å². The molecule has 7 heteroatoms. The van der Waals surface area contributed by atoms with Crippen molar-refractivity contribution in [2.24, 2.45) is 0 Å². The van der Waals surface area contributed by atoms with Gasteiger partial charge in [-0.3, -0.25) is 4.90 Å². The summed E-state index contributed by atoms with van der Waals surface area (Å²) in [6.07, 6.45) is 0. The van der Waals surface area contributed by atoms with Crippen molar-refractivity contribution in [3.63, 3.8) is 0 Å². The summed E-state index contributed by atoms with van der Waals surface area (Å²) in [5, 5.41) is 6.88. The van der Waals surface area contributed by atoms with Crippen molar-refractivity contribution in [2.45, 2.75) is 19.3 Å². The van der Waals surface area contributed by atoms with Gasteiger partial charge in [0.25, 0.3) is 0 Å². The fourth-order valence-electron chi connectivity index (χ4n) is 9.65. The molecule has 0 aliphatic heterocycles. The minimum Gasteiger partial charge on any atom is -0.456 e. The molecule has 12 aromatic rings. The molecule has 0 bridgehead atoms. The van der Waals surface area contributed by atoms with Crippen molar-refractivity contribution in [2.75, 3.05) is 4.90 Å². The number of furan rings is 1. The van der Waals surface area contributed by atoms with Crippen molar-refractivity contribution in [1.29, 1.82) is 0 Å². The second-order valence-electron chi connectivity index (χ2n) is 16.4. The molecule has 8 aromatic carbocycles. The smallest absolute Gasteiger partial charge is 0.238 e. The summed E-state index contributed by atoms with van der Waals surface area (Å²) < 4.78 is 11.4. The molecule has 288 valence electrons. The predicted molar refractivity (Wildman–Crippen MR) is 256 cm³/mol. The van der Waals surface area contributed by atoms with E-state index in [2.05, 4.69) is 170 Å². The average molecular weight is 819 g/mol. The number of benzene rings is 8. The normalized spacial score (nSPS) is 13.2. The Bertz CT molecular complexity index is 3780. The van der Waals surface area contributed by atoms with Crippen molar-refractivity contribution in [3.8, 4) is 33.9 Å². The molecule has 13 rings (SSSR count). The van der Waals surface area contributed by atoms with E-state index in [1.807, 2.05) is 29.5 Å². The van der Waals surface area contributed by atoms with Gasteiger partial charge in [-0.2, -0.15) is 9.97 Å². The van der Waals surface area contributed by atoms with E-state index < -0.39 is 0 Å². The number of rotatable bonds is 5. The number of fused-ring (bicyclic) bond motifs is 12. The molecule has 0 radical (unpaired) electrons. The Balaban J connectivity index is 1.12. The van der Waals surface area contributed by atoms with E-state index in [1.54, 1.807) is 11.3 Å². The molecule has 0 saturated heterocycles. The lowest BCUT2D eigenvalue weighted by Crippen LogP contribution is -2.17. The average Bonchev–Trinajstić information content (AvgIpc) is 4.04. The van der Waals surface area contributed by atoms with Gasteiger partial charge < -0.3 is 4.42 Å². The van der Waals surface area contributed by atoms with Crippen LogP contribution in [0.25, 0.3) is 96.2 Å². The number of hydrogen-bond donors (Lipinski definition) is 0. The topological polar surface area (TPSA) is 55.1 Å². The minimum atomic E-state index is -0.142. The van der Waals surface area contributed by atoms with Crippen LogP contribution in [0.15, 0.2) is 174 Å². The van der Waals surface area contributed by atoms with Crippen molar-refractivity contribution in [1.82, 2.24) is 15.0 Å². The fraction of sp³-hybridized carbons (Fsp3) is 0.0556. The molecule has 1 aliphatic carbocycles. The summed E-state index contributed by atoms with van der Waals surface area (Å²) in [5.74, 6) is 1.75. The van der Waals surface area contributed by atoms with Crippen LogP contribution in [0.3, 0.4) is 0 Å². The van der Waals surface area contributed by atoms with Gasteiger partial charge in [-0.25, -0.2) is 4.98 Å². The van der Waals surface area contributed by atoms with Crippen LogP contribution < -0.4 is 4.90 Å². The van der Waals surface area contributed by atoms with E-state index in [1.165, 1.54) is 57.9 Å². The molecule has 61 heavy (non-hydrogen) atoms. The van der Waals surface area contributed by atoms with Crippen molar-refractivity contribution >= 4 is 102 Å². The molecule has 0 atom stereocenters. The Kier molecular flexibility index (Phi) is 7.33. The first kappa shape index (κ1) is 34.7. The minimum absolute atomic E-state index is 0.142. The van der Waals surface area contributed by atoms with Gasteiger partial charge in [0.15, 0.2) is 11.6 Å². The van der Waals surface area contributed by atoms with Gasteiger partial charge in [0, 0.05) is 68.0 Å². The van der Waals surface area contributed by atoms with Gasteiger partial charge in [-0.05, 0) is 89.0 Å². The lowest BCUT2D eigenvalue weighted by Gasteiger charge is -2.26. The number of aromatic nitrogens is 3. The van der Waals surface area contributed by atoms with Gasteiger partial charge in [0.05, 0.1) is 11.1 Å². The van der Waals surface area contributed by atoms with Crippen LogP contribution in [-0.4, -0.2) is 15.0 Å². The first-order valence-electron chi connectivity index (χ1n) is 20.5. The molecule has 4 heterocycles. The van der Waals surface area contributed by atoms with Crippen LogP contribution in [0.5, 0.6) is 0 Å². The second kappa shape index (κ2) is 12.9. The lowest BCUT2D eigenvalue weighted by atomic mass is 9.82. The molecule has 0 fully saturated rings. The van der Waals surface area contributed by atoms with Gasteiger partial charge in [-0.15, -0.1) is 22.7 Å². The SMILES string of the molecule is CC1(C)c2ccccc2-c2cc(N(c3nc(-c4ccc5sc6ccccc6c5c4)nc(-c4cccc5c4sc4ccccc45)n3)c3cccc4oc5ccccc5c34)ccc21. The quantitative estimate of drug-likeness (QED) is 0.173.